The lowest BCUT2D eigenvalue weighted by molar-refractivity contribution is -0.130. The maximum absolute atomic E-state index is 12.7. The van der Waals surface area contributed by atoms with Gasteiger partial charge in [-0.3, -0.25) is 4.79 Å². The van der Waals surface area contributed by atoms with Gasteiger partial charge in [0.15, 0.2) is 11.9 Å². The van der Waals surface area contributed by atoms with Crippen molar-refractivity contribution in [2.24, 2.45) is 0 Å². The topological polar surface area (TPSA) is 77.2 Å². The van der Waals surface area contributed by atoms with Crippen LogP contribution in [0.15, 0.2) is 34.9 Å². The fraction of sp³-hybridized carbons (Fsp3) is 0.500. The number of aromatic nitrogens is 2. The molecule has 1 N–H and O–H groups in total. The summed E-state index contributed by atoms with van der Waals surface area (Å²) < 4.78 is 11.1. The van der Waals surface area contributed by atoms with E-state index in [1.54, 1.807) is 13.8 Å². The molecule has 0 spiro atoms. The van der Waals surface area contributed by atoms with Gasteiger partial charge in [-0.15, -0.1) is 0 Å². The van der Waals surface area contributed by atoms with Crippen molar-refractivity contribution in [2.75, 3.05) is 0 Å². The Morgan fingerprint density at radius 1 is 1.25 bits per heavy atom. The van der Waals surface area contributed by atoms with Gasteiger partial charge in [-0.2, -0.15) is 4.98 Å². The summed E-state index contributed by atoms with van der Waals surface area (Å²) in [6, 6.07) is 9.34. The van der Waals surface area contributed by atoms with Crippen LogP contribution in [0.2, 0.25) is 0 Å². The van der Waals surface area contributed by atoms with Crippen molar-refractivity contribution in [3.63, 3.8) is 0 Å². The second-order valence-corrected chi connectivity index (χ2v) is 6.35. The first kappa shape index (κ1) is 16.5. The van der Waals surface area contributed by atoms with Crippen LogP contribution in [0.5, 0.6) is 5.75 Å². The predicted molar refractivity (Wildman–Crippen MR) is 88.5 cm³/mol. The summed E-state index contributed by atoms with van der Waals surface area (Å²) >= 11 is 0. The van der Waals surface area contributed by atoms with E-state index < -0.39 is 11.6 Å². The van der Waals surface area contributed by atoms with Crippen molar-refractivity contribution in [2.45, 2.75) is 57.6 Å². The Labute approximate surface area is 141 Å². The third-order valence-electron chi connectivity index (χ3n) is 4.43. The Kier molecular flexibility index (Phi) is 4.83. The molecule has 1 atom stereocenters. The third-order valence-corrected chi connectivity index (χ3v) is 4.43. The van der Waals surface area contributed by atoms with Crippen LogP contribution in [-0.2, 0) is 10.3 Å². The van der Waals surface area contributed by atoms with E-state index in [-0.39, 0.29) is 5.91 Å². The number of para-hydroxylation sites is 1. The number of carbonyl (C=O) groups is 1. The van der Waals surface area contributed by atoms with Gasteiger partial charge in [0.05, 0.1) is 0 Å². The van der Waals surface area contributed by atoms with Crippen molar-refractivity contribution < 1.29 is 14.1 Å². The second-order valence-electron chi connectivity index (χ2n) is 6.35. The summed E-state index contributed by atoms with van der Waals surface area (Å²) in [6.45, 7) is 3.53. The predicted octanol–water partition coefficient (Wildman–Crippen LogP) is 3.12. The number of hydrogen-bond acceptors (Lipinski definition) is 5. The Morgan fingerprint density at radius 3 is 2.58 bits per heavy atom. The number of amides is 1. The molecule has 1 aliphatic rings. The molecule has 0 saturated heterocycles. The number of hydrogen-bond donors (Lipinski definition) is 1. The molecule has 128 valence electrons. The largest absolute Gasteiger partial charge is 0.481 e. The summed E-state index contributed by atoms with van der Waals surface area (Å²) in [4.78, 5) is 17.0. The fourth-order valence-corrected chi connectivity index (χ4v) is 3.13. The molecule has 0 aliphatic heterocycles. The summed E-state index contributed by atoms with van der Waals surface area (Å²) in [6.07, 6.45) is 4.21. The van der Waals surface area contributed by atoms with Crippen molar-refractivity contribution in [3.8, 4) is 5.75 Å². The standard InChI is InChI=1S/C18H23N3O3/c1-13(23-15-9-5-3-6-10-15)16(22)20-18(11-7-4-8-12-18)17-19-14(2)21-24-17/h3,5-6,9-10,13H,4,7-8,11-12H2,1-2H3,(H,20,22)/t13-/m1/s1. The minimum atomic E-state index is -0.602. The van der Waals surface area contributed by atoms with Crippen LogP contribution >= 0.6 is 0 Å². The molecule has 1 heterocycles. The molecule has 1 fully saturated rings. The van der Waals surface area contributed by atoms with Gasteiger partial charge in [-0.25, -0.2) is 0 Å². The Morgan fingerprint density at radius 2 is 1.96 bits per heavy atom. The van der Waals surface area contributed by atoms with Crippen LogP contribution in [0.25, 0.3) is 0 Å². The van der Waals surface area contributed by atoms with Crippen molar-refractivity contribution in [3.05, 3.63) is 42.0 Å². The first-order valence-electron chi connectivity index (χ1n) is 8.44. The van der Waals surface area contributed by atoms with Gasteiger partial charge >= 0.3 is 0 Å². The lowest BCUT2D eigenvalue weighted by atomic mass is 9.81. The van der Waals surface area contributed by atoms with E-state index in [1.165, 1.54) is 0 Å². The molecule has 1 aromatic carbocycles. The molecule has 1 aromatic heterocycles. The molecule has 6 heteroatoms. The SMILES string of the molecule is Cc1noc(C2(NC(=O)[C@@H](C)Oc3ccccc3)CCCCC2)n1. The van der Waals surface area contributed by atoms with Gasteiger partial charge in [0.25, 0.3) is 11.8 Å². The van der Waals surface area contributed by atoms with E-state index in [4.69, 9.17) is 9.26 Å². The van der Waals surface area contributed by atoms with Crippen LogP contribution in [-0.4, -0.2) is 22.2 Å². The summed E-state index contributed by atoms with van der Waals surface area (Å²) in [5.74, 6) is 1.58. The molecule has 24 heavy (non-hydrogen) atoms. The maximum Gasteiger partial charge on any atom is 0.261 e. The van der Waals surface area contributed by atoms with E-state index in [2.05, 4.69) is 15.5 Å². The average Bonchev–Trinajstić information content (AvgIpc) is 3.04. The minimum absolute atomic E-state index is 0.170. The van der Waals surface area contributed by atoms with E-state index in [0.29, 0.717) is 17.5 Å². The highest BCUT2D eigenvalue weighted by Crippen LogP contribution is 2.36. The molecule has 1 aliphatic carbocycles. The number of rotatable bonds is 5. The van der Waals surface area contributed by atoms with E-state index in [0.717, 1.165) is 32.1 Å². The average molecular weight is 329 g/mol. The number of ether oxygens (including phenoxy) is 1. The Balaban J connectivity index is 1.73. The number of nitrogens with zero attached hydrogens (tertiary/aromatic N) is 2. The van der Waals surface area contributed by atoms with Gasteiger partial charge < -0.3 is 14.6 Å². The number of nitrogens with one attached hydrogen (secondary N) is 1. The monoisotopic (exact) mass is 329 g/mol. The molecule has 0 radical (unpaired) electrons. The molecule has 0 bridgehead atoms. The normalized spacial score (nSPS) is 17.9. The smallest absolute Gasteiger partial charge is 0.261 e. The second kappa shape index (κ2) is 7.03. The maximum atomic E-state index is 12.7. The van der Waals surface area contributed by atoms with Gasteiger partial charge in [-0.05, 0) is 38.8 Å². The molecular formula is C18H23N3O3. The molecule has 6 nitrogen and oxygen atoms in total. The fourth-order valence-electron chi connectivity index (χ4n) is 3.13. The molecule has 2 aromatic rings. The van der Waals surface area contributed by atoms with Gasteiger partial charge in [0.2, 0.25) is 0 Å². The van der Waals surface area contributed by atoms with Crippen LogP contribution in [0.4, 0.5) is 0 Å². The molecule has 3 rings (SSSR count). The summed E-state index contributed by atoms with van der Waals surface area (Å²) in [5.41, 5.74) is -0.578. The minimum Gasteiger partial charge on any atom is -0.481 e. The van der Waals surface area contributed by atoms with Crippen molar-refractivity contribution in [1.29, 1.82) is 0 Å². The molecular weight excluding hydrogens is 306 g/mol. The first-order chi connectivity index (χ1) is 11.6. The third kappa shape index (κ3) is 3.58. The van der Waals surface area contributed by atoms with E-state index >= 15 is 0 Å². The van der Waals surface area contributed by atoms with Crippen molar-refractivity contribution >= 4 is 5.91 Å². The quantitative estimate of drug-likeness (QED) is 0.912. The highest BCUT2D eigenvalue weighted by molar-refractivity contribution is 5.81. The van der Waals surface area contributed by atoms with E-state index in [9.17, 15) is 4.79 Å². The zero-order valence-electron chi connectivity index (χ0n) is 14.1. The number of aryl methyl sites for hydroxylation is 1. The van der Waals surface area contributed by atoms with Gasteiger partial charge in [0, 0.05) is 0 Å². The lowest BCUT2D eigenvalue weighted by Gasteiger charge is -2.35. The number of carbonyl (C=O) groups excluding carboxylic acids is 1. The molecule has 0 unspecified atom stereocenters. The highest BCUT2D eigenvalue weighted by atomic mass is 16.5. The first-order valence-corrected chi connectivity index (χ1v) is 8.44. The highest BCUT2D eigenvalue weighted by Gasteiger charge is 2.41. The molecule has 1 saturated carbocycles. The Hall–Kier alpha value is -2.37. The van der Waals surface area contributed by atoms with Crippen LogP contribution < -0.4 is 10.1 Å². The van der Waals surface area contributed by atoms with Crippen LogP contribution in [0, 0.1) is 6.92 Å². The van der Waals surface area contributed by atoms with Crippen LogP contribution in [0.3, 0.4) is 0 Å². The summed E-state index contributed by atoms with van der Waals surface area (Å²) in [7, 11) is 0. The Bertz CT molecular complexity index is 678. The van der Waals surface area contributed by atoms with Crippen LogP contribution in [0.1, 0.15) is 50.7 Å². The zero-order chi connectivity index (χ0) is 17.0. The van der Waals surface area contributed by atoms with Gasteiger partial charge in [0.1, 0.15) is 11.3 Å². The number of benzene rings is 1. The summed E-state index contributed by atoms with van der Waals surface area (Å²) in [5, 5.41) is 7.01. The van der Waals surface area contributed by atoms with Crippen molar-refractivity contribution in [1.82, 2.24) is 15.5 Å². The molecule has 1 amide bonds. The zero-order valence-corrected chi connectivity index (χ0v) is 14.1. The van der Waals surface area contributed by atoms with E-state index in [1.807, 2.05) is 30.3 Å². The lowest BCUT2D eigenvalue weighted by Crippen LogP contribution is -2.51. The van der Waals surface area contributed by atoms with Gasteiger partial charge in [-0.1, -0.05) is 42.6 Å².